The Morgan fingerprint density at radius 2 is 1.29 bits per heavy atom. The molecule has 3 unspecified atom stereocenters. The second-order valence-corrected chi connectivity index (χ2v) is 14.8. The Balaban J connectivity index is 0.00000107. The molecule has 5 nitrogen and oxygen atoms in total. The molecule has 2 aliphatic carbocycles. The van der Waals surface area contributed by atoms with E-state index in [1.807, 2.05) is 0 Å². The van der Waals surface area contributed by atoms with Gasteiger partial charge < -0.3 is 19.5 Å². The molecule has 2 bridgehead atoms. The monoisotopic (exact) mass is 636 g/mol. The van der Waals surface area contributed by atoms with Crippen LogP contribution in [-0.2, 0) is 14.3 Å². The largest absolute Gasteiger partial charge is 0.466 e. The van der Waals surface area contributed by atoms with Gasteiger partial charge in [-0.15, -0.1) is 0 Å². The highest BCUT2D eigenvalue weighted by molar-refractivity contribution is 5.75. The molecule has 0 radical (unpaired) electrons. The quantitative estimate of drug-likeness (QED) is 0.0654. The fourth-order valence-electron chi connectivity index (χ4n) is 7.62. The summed E-state index contributed by atoms with van der Waals surface area (Å²) in [7, 11) is 0. The lowest BCUT2D eigenvalue weighted by atomic mass is 9.91. The zero-order valence-corrected chi connectivity index (χ0v) is 30.6. The Morgan fingerprint density at radius 3 is 1.76 bits per heavy atom. The van der Waals surface area contributed by atoms with Crippen molar-refractivity contribution >= 4 is 11.8 Å². The van der Waals surface area contributed by atoms with E-state index >= 15 is 0 Å². The zero-order chi connectivity index (χ0) is 33.0. The molecule has 0 aliphatic heterocycles. The van der Waals surface area contributed by atoms with E-state index in [0.29, 0.717) is 24.7 Å². The number of fused-ring (bicyclic) bond motifs is 2. The molecular weight excluding hydrogens is 558 g/mol. The number of carbonyl (C=O) groups excluding carboxylic acids is 2. The molecule has 0 aromatic rings. The summed E-state index contributed by atoms with van der Waals surface area (Å²) in [5.74, 6) is 4.36. The lowest BCUT2D eigenvalue weighted by Gasteiger charge is -2.21. The average Bonchev–Trinajstić information content (AvgIpc) is 3.63. The Bertz CT molecular complexity index is 686. The minimum atomic E-state index is -0.0173. The van der Waals surface area contributed by atoms with Crippen molar-refractivity contribution in [2.24, 2.45) is 23.7 Å². The van der Waals surface area contributed by atoms with Gasteiger partial charge >= 0.3 is 5.97 Å². The fraction of sp³-hybridized carbons (Fsp3) is 0.950. The van der Waals surface area contributed by atoms with Crippen LogP contribution in [0.4, 0.5) is 0 Å². The molecule has 0 aromatic carbocycles. The van der Waals surface area contributed by atoms with Crippen LogP contribution in [0.3, 0.4) is 0 Å². The molecule has 0 saturated heterocycles. The zero-order valence-electron chi connectivity index (χ0n) is 30.6. The third-order valence-corrected chi connectivity index (χ3v) is 10.6. The molecule has 2 saturated carbocycles. The van der Waals surface area contributed by atoms with E-state index < -0.39 is 0 Å². The lowest BCUT2D eigenvalue weighted by Crippen LogP contribution is -2.29. The maximum atomic E-state index is 12.1. The Kier molecular flexibility index (Phi) is 27.3. The molecule has 0 aromatic heterocycles. The summed E-state index contributed by atoms with van der Waals surface area (Å²) >= 11 is 0. The van der Waals surface area contributed by atoms with Gasteiger partial charge in [0.05, 0.1) is 13.2 Å². The molecule has 3 atom stereocenters. The molecule has 0 spiro atoms. The van der Waals surface area contributed by atoms with Crippen molar-refractivity contribution in [2.45, 2.75) is 188 Å². The number of hydrogen-bond donors (Lipinski definition) is 1. The Hall–Kier alpha value is -0.940. The third kappa shape index (κ3) is 23.9. The standard InChI is InChI=1S/C32H63NO4.C8H14/c1-4-6-14-21-31(22-15-7-5-2)24-29-37-32(36)23-17-11-9-13-19-26-33(27-28-34)25-18-12-8-10-16-20-30(3)35;1-6-4-7-2-3-8(6)5-7/h31,34H,4-29H2,1-3H3;6-8H,2-5H2,1H3. The summed E-state index contributed by atoms with van der Waals surface area (Å²) in [6, 6.07) is 0. The first-order valence-corrected chi connectivity index (χ1v) is 19.9. The summed E-state index contributed by atoms with van der Waals surface area (Å²) in [6.07, 6.45) is 30.1. The average molecular weight is 636 g/mol. The number of unbranched alkanes of at least 4 members (excludes halogenated alkanes) is 12. The molecule has 1 N–H and O–H groups in total. The van der Waals surface area contributed by atoms with Gasteiger partial charge in [0.15, 0.2) is 0 Å². The van der Waals surface area contributed by atoms with E-state index in [9.17, 15) is 14.7 Å². The van der Waals surface area contributed by atoms with Gasteiger partial charge in [-0.3, -0.25) is 4.79 Å². The van der Waals surface area contributed by atoms with Crippen LogP contribution in [0.5, 0.6) is 0 Å². The van der Waals surface area contributed by atoms with Crippen molar-refractivity contribution in [2.75, 3.05) is 32.8 Å². The molecule has 5 heteroatoms. The van der Waals surface area contributed by atoms with Gasteiger partial charge in [0.2, 0.25) is 0 Å². The maximum absolute atomic E-state index is 12.1. The van der Waals surface area contributed by atoms with Crippen molar-refractivity contribution in [3.05, 3.63) is 0 Å². The van der Waals surface area contributed by atoms with E-state index in [4.69, 9.17) is 4.74 Å². The highest BCUT2D eigenvalue weighted by atomic mass is 16.5. The molecule has 266 valence electrons. The van der Waals surface area contributed by atoms with Crippen molar-refractivity contribution < 1.29 is 19.4 Å². The predicted molar refractivity (Wildman–Crippen MR) is 192 cm³/mol. The molecule has 0 heterocycles. The third-order valence-electron chi connectivity index (χ3n) is 10.6. The number of Topliss-reactive ketones (excluding diaryl/α,β-unsaturated/α-hetero) is 1. The SMILES string of the molecule is CC1CC2CCC1C2.CCCCCC(CCCCC)CCOC(=O)CCCCCCCN(CCO)CCCCCCCC(C)=O. The number of rotatable bonds is 29. The first-order valence-electron chi connectivity index (χ1n) is 19.9. The second-order valence-electron chi connectivity index (χ2n) is 14.8. The fourth-order valence-corrected chi connectivity index (χ4v) is 7.62. The van der Waals surface area contributed by atoms with E-state index in [-0.39, 0.29) is 12.6 Å². The van der Waals surface area contributed by atoms with Crippen LogP contribution in [0, 0.1) is 23.7 Å². The van der Waals surface area contributed by atoms with E-state index in [1.54, 1.807) is 32.6 Å². The highest BCUT2D eigenvalue weighted by Crippen LogP contribution is 2.47. The van der Waals surface area contributed by atoms with Gasteiger partial charge in [-0.25, -0.2) is 0 Å². The Morgan fingerprint density at radius 1 is 0.711 bits per heavy atom. The number of aliphatic hydroxyl groups excluding tert-OH is 1. The van der Waals surface area contributed by atoms with Crippen molar-refractivity contribution in [1.82, 2.24) is 4.90 Å². The van der Waals surface area contributed by atoms with Gasteiger partial charge in [0.1, 0.15) is 5.78 Å². The van der Waals surface area contributed by atoms with E-state index in [2.05, 4.69) is 25.7 Å². The maximum Gasteiger partial charge on any atom is 0.305 e. The van der Waals surface area contributed by atoms with Crippen LogP contribution < -0.4 is 0 Å². The molecule has 2 fully saturated rings. The van der Waals surface area contributed by atoms with E-state index in [0.717, 1.165) is 88.8 Å². The summed E-state index contributed by atoms with van der Waals surface area (Å²) < 4.78 is 5.57. The van der Waals surface area contributed by atoms with Crippen molar-refractivity contribution in [3.63, 3.8) is 0 Å². The van der Waals surface area contributed by atoms with Gasteiger partial charge in [-0.1, -0.05) is 117 Å². The van der Waals surface area contributed by atoms with Gasteiger partial charge in [-0.05, 0) is 95.1 Å². The number of hydrogen-bond acceptors (Lipinski definition) is 5. The second kappa shape index (κ2) is 29.2. The minimum Gasteiger partial charge on any atom is -0.466 e. The number of aliphatic hydroxyl groups is 1. The first-order chi connectivity index (χ1) is 21.9. The topological polar surface area (TPSA) is 66.8 Å². The summed E-state index contributed by atoms with van der Waals surface area (Å²) in [4.78, 5) is 25.5. The van der Waals surface area contributed by atoms with Crippen LogP contribution in [0.15, 0.2) is 0 Å². The Labute approximate surface area is 280 Å². The number of nitrogens with zero attached hydrogens (tertiary/aromatic N) is 1. The first kappa shape index (κ1) is 42.1. The van der Waals surface area contributed by atoms with Gasteiger partial charge in [0, 0.05) is 19.4 Å². The predicted octanol–water partition coefficient (Wildman–Crippen LogP) is 10.7. The molecule has 0 amide bonds. The molecule has 45 heavy (non-hydrogen) atoms. The normalized spacial score (nSPS) is 18.9. The molecule has 2 aliphatic rings. The molecular formula is C40H77NO4. The van der Waals surface area contributed by atoms with Crippen molar-refractivity contribution in [3.8, 4) is 0 Å². The molecule has 2 rings (SSSR count). The number of ether oxygens (including phenoxy) is 1. The highest BCUT2D eigenvalue weighted by Gasteiger charge is 2.36. The number of ketones is 1. The van der Waals surface area contributed by atoms with Crippen LogP contribution in [0.2, 0.25) is 0 Å². The van der Waals surface area contributed by atoms with Gasteiger partial charge in [-0.2, -0.15) is 0 Å². The number of carbonyl (C=O) groups is 2. The summed E-state index contributed by atoms with van der Waals surface area (Å²) in [6.45, 7) is 12.3. The smallest absolute Gasteiger partial charge is 0.305 e. The summed E-state index contributed by atoms with van der Waals surface area (Å²) in [5.41, 5.74) is 0. The van der Waals surface area contributed by atoms with Crippen molar-refractivity contribution in [1.29, 1.82) is 0 Å². The lowest BCUT2D eigenvalue weighted by molar-refractivity contribution is -0.144. The van der Waals surface area contributed by atoms with Gasteiger partial charge in [0.25, 0.3) is 0 Å². The summed E-state index contributed by atoms with van der Waals surface area (Å²) in [5, 5.41) is 9.36. The van der Waals surface area contributed by atoms with Crippen LogP contribution in [0.25, 0.3) is 0 Å². The van der Waals surface area contributed by atoms with Crippen LogP contribution >= 0.6 is 0 Å². The van der Waals surface area contributed by atoms with Crippen LogP contribution in [-0.4, -0.2) is 54.6 Å². The minimum absolute atomic E-state index is 0.0173. The number of esters is 1. The van der Waals surface area contributed by atoms with E-state index in [1.165, 1.54) is 77.0 Å². The van der Waals surface area contributed by atoms with Crippen LogP contribution in [0.1, 0.15) is 188 Å².